The van der Waals surface area contributed by atoms with Gasteiger partial charge in [-0.2, -0.15) is 0 Å². The standard InChI is InChI=1S/C12H18O3/c1-11(2)14-10(13)9-7-8-5-3-4-6-12(8,9)15-11/h8-9H,3-7H2,1-2H3/t8-,9+,12+/m0/s1. The first kappa shape index (κ1) is 9.64. The molecule has 0 N–H and O–H groups in total. The second-order valence-electron chi connectivity index (χ2n) is 5.61. The molecule has 1 aliphatic heterocycles. The Morgan fingerprint density at radius 3 is 2.87 bits per heavy atom. The maximum Gasteiger partial charge on any atom is 0.314 e. The van der Waals surface area contributed by atoms with Gasteiger partial charge < -0.3 is 9.47 Å². The zero-order chi connectivity index (χ0) is 10.7. The number of hydrogen-bond acceptors (Lipinski definition) is 3. The Morgan fingerprint density at radius 2 is 2.13 bits per heavy atom. The quantitative estimate of drug-likeness (QED) is 0.575. The normalized spacial score (nSPS) is 47.2. The van der Waals surface area contributed by atoms with Gasteiger partial charge in [0.15, 0.2) is 0 Å². The zero-order valence-electron chi connectivity index (χ0n) is 9.41. The van der Waals surface area contributed by atoms with E-state index in [2.05, 4.69) is 0 Å². The van der Waals surface area contributed by atoms with Crippen LogP contribution < -0.4 is 0 Å². The molecule has 0 aromatic heterocycles. The van der Waals surface area contributed by atoms with Crippen LogP contribution >= 0.6 is 0 Å². The van der Waals surface area contributed by atoms with Gasteiger partial charge in [-0.3, -0.25) is 4.79 Å². The summed E-state index contributed by atoms with van der Waals surface area (Å²) in [6.07, 6.45) is 5.73. The first-order valence-corrected chi connectivity index (χ1v) is 5.96. The van der Waals surface area contributed by atoms with Crippen LogP contribution in [0.5, 0.6) is 0 Å². The molecule has 0 unspecified atom stereocenters. The molecule has 0 radical (unpaired) electrons. The lowest BCUT2D eigenvalue weighted by Gasteiger charge is -2.61. The molecule has 3 nitrogen and oxygen atoms in total. The lowest BCUT2D eigenvalue weighted by molar-refractivity contribution is -0.354. The van der Waals surface area contributed by atoms with Gasteiger partial charge in [0.25, 0.3) is 0 Å². The largest absolute Gasteiger partial charge is 0.433 e. The van der Waals surface area contributed by atoms with Crippen LogP contribution in [0.25, 0.3) is 0 Å². The molecule has 3 heteroatoms. The van der Waals surface area contributed by atoms with Gasteiger partial charge in [0.05, 0.1) is 11.5 Å². The first-order chi connectivity index (χ1) is 7.04. The summed E-state index contributed by atoms with van der Waals surface area (Å²) in [5.74, 6) is -0.132. The molecule has 0 bridgehead atoms. The Kier molecular flexibility index (Phi) is 1.77. The summed E-state index contributed by atoms with van der Waals surface area (Å²) >= 11 is 0. The van der Waals surface area contributed by atoms with Gasteiger partial charge in [0, 0.05) is 13.8 Å². The van der Waals surface area contributed by atoms with Gasteiger partial charge in [0.2, 0.25) is 5.79 Å². The Hall–Kier alpha value is -0.570. The van der Waals surface area contributed by atoms with E-state index in [1.165, 1.54) is 19.3 Å². The average Bonchev–Trinajstić information content (AvgIpc) is 2.07. The highest BCUT2D eigenvalue weighted by molar-refractivity contribution is 5.76. The number of hydrogen-bond donors (Lipinski definition) is 0. The molecular formula is C12H18O3. The highest BCUT2D eigenvalue weighted by Gasteiger charge is 2.65. The van der Waals surface area contributed by atoms with Crippen molar-refractivity contribution >= 4 is 5.97 Å². The van der Waals surface area contributed by atoms with Crippen LogP contribution in [0.4, 0.5) is 0 Å². The smallest absolute Gasteiger partial charge is 0.314 e. The molecule has 3 fully saturated rings. The van der Waals surface area contributed by atoms with Crippen LogP contribution in [0.1, 0.15) is 46.0 Å². The summed E-state index contributed by atoms with van der Waals surface area (Å²) in [5.41, 5.74) is -0.156. The molecule has 84 valence electrons. The first-order valence-electron chi connectivity index (χ1n) is 5.96. The van der Waals surface area contributed by atoms with E-state index in [0.29, 0.717) is 5.92 Å². The molecule has 0 aromatic rings. The Morgan fingerprint density at radius 1 is 1.33 bits per heavy atom. The molecule has 2 saturated carbocycles. The molecule has 3 rings (SSSR count). The topological polar surface area (TPSA) is 35.5 Å². The summed E-state index contributed by atoms with van der Waals surface area (Å²) < 4.78 is 11.4. The molecule has 3 atom stereocenters. The number of esters is 1. The van der Waals surface area contributed by atoms with E-state index in [4.69, 9.17) is 9.47 Å². The van der Waals surface area contributed by atoms with Gasteiger partial charge in [-0.1, -0.05) is 12.8 Å². The maximum atomic E-state index is 11.8. The second kappa shape index (κ2) is 2.76. The van der Waals surface area contributed by atoms with E-state index in [1.54, 1.807) is 0 Å². The fraction of sp³-hybridized carbons (Fsp3) is 0.917. The van der Waals surface area contributed by atoms with Crippen LogP contribution in [-0.2, 0) is 14.3 Å². The monoisotopic (exact) mass is 210 g/mol. The minimum atomic E-state index is -0.719. The summed E-state index contributed by atoms with van der Waals surface area (Å²) in [6, 6.07) is 0. The van der Waals surface area contributed by atoms with E-state index in [0.717, 1.165) is 12.8 Å². The van der Waals surface area contributed by atoms with Crippen molar-refractivity contribution in [1.82, 2.24) is 0 Å². The number of carbonyl (C=O) groups excluding carboxylic acids is 1. The van der Waals surface area contributed by atoms with E-state index in [9.17, 15) is 4.79 Å². The van der Waals surface area contributed by atoms with Crippen molar-refractivity contribution in [2.45, 2.75) is 57.3 Å². The van der Waals surface area contributed by atoms with Crippen molar-refractivity contribution in [3.05, 3.63) is 0 Å². The lowest BCUT2D eigenvalue weighted by Crippen LogP contribution is -2.68. The van der Waals surface area contributed by atoms with Crippen LogP contribution in [-0.4, -0.2) is 17.4 Å². The average molecular weight is 210 g/mol. The molecular weight excluding hydrogens is 192 g/mol. The van der Waals surface area contributed by atoms with Crippen molar-refractivity contribution in [2.24, 2.45) is 11.8 Å². The predicted octanol–water partition coefficient (Wildman–Crippen LogP) is 2.24. The number of ether oxygens (including phenoxy) is 2. The number of rotatable bonds is 0. The zero-order valence-corrected chi connectivity index (χ0v) is 9.41. The fourth-order valence-corrected chi connectivity index (χ4v) is 3.63. The summed E-state index contributed by atoms with van der Waals surface area (Å²) in [5, 5.41) is 0. The third-order valence-electron chi connectivity index (χ3n) is 4.24. The van der Waals surface area contributed by atoms with E-state index in [-0.39, 0.29) is 17.5 Å². The Bertz CT molecular complexity index is 310. The van der Waals surface area contributed by atoms with Crippen molar-refractivity contribution in [1.29, 1.82) is 0 Å². The van der Waals surface area contributed by atoms with Gasteiger partial charge in [-0.15, -0.1) is 0 Å². The molecule has 2 aliphatic carbocycles. The Labute approximate surface area is 90.1 Å². The van der Waals surface area contributed by atoms with Gasteiger partial charge in [-0.05, 0) is 25.2 Å². The predicted molar refractivity (Wildman–Crippen MR) is 54.1 cm³/mol. The van der Waals surface area contributed by atoms with Gasteiger partial charge >= 0.3 is 5.97 Å². The lowest BCUT2D eigenvalue weighted by atomic mass is 9.54. The molecule has 0 aromatic carbocycles. The van der Waals surface area contributed by atoms with Crippen molar-refractivity contribution in [3.8, 4) is 0 Å². The van der Waals surface area contributed by atoms with E-state index >= 15 is 0 Å². The highest BCUT2D eigenvalue weighted by atomic mass is 16.7. The van der Waals surface area contributed by atoms with Crippen molar-refractivity contribution in [3.63, 3.8) is 0 Å². The molecule has 1 saturated heterocycles. The van der Waals surface area contributed by atoms with Gasteiger partial charge in [-0.25, -0.2) is 0 Å². The minimum Gasteiger partial charge on any atom is -0.433 e. The van der Waals surface area contributed by atoms with E-state index < -0.39 is 5.79 Å². The van der Waals surface area contributed by atoms with Crippen molar-refractivity contribution in [2.75, 3.05) is 0 Å². The van der Waals surface area contributed by atoms with Gasteiger partial charge in [0.1, 0.15) is 0 Å². The molecule has 0 amide bonds. The summed E-state index contributed by atoms with van der Waals surface area (Å²) in [7, 11) is 0. The summed E-state index contributed by atoms with van der Waals surface area (Å²) in [4.78, 5) is 11.8. The number of cyclic esters (lactones) is 1. The van der Waals surface area contributed by atoms with E-state index in [1.807, 2.05) is 13.8 Å². The SMILES string of the molecule is CC1(C)OC(=O)[C@H]2C[C@@H]3CCCC[C@@]32O1. The Balaban J connectivity index is 1.92. The fourth-order valence-electron chi connectivity index (χ4n) is 3.63. The molecule has 15 heavy (non-hydrogen) atoms. The summed E-state index contributed by atoms with van der Waals surface area (Å²) in [6.45, 7) is 3.69. The third-order valence-corrected chi connectivity index (χ3v) is 4.24. The van der Waals surface area contributed by atoms with Crippen LogP contribution in [0.3, 0.4) is 0 Å². The minimum absolute atomic E-state index is 0.0239. The molecule has 3 aliphatic rings. The highest BCUT2D eigenvalue weighted by Crippen LogP contribution is 2.59. The third kappa shape index (κ3) is 1.19. The van der Waals surface area contributed by atoms with Crippen LogP contribution in [0, 0.1) is 11.8 Å². The number of carbonyl (C=O) groups is 1. The maximum absolute atomic E-state index is 11.8. The molecule has 1 spiro atoms. The van der Waals surface area contributed by atoms with Crippen LogP contribution in [0.15, 0.2) is 0 Å². The van der Waals surface area contributed by atoms with Crippen LogP contribution in [0.2, 0.25) is 0 Å². The second-order valence-corrected chi connectivity index (χ2v) is 5.61. The molecule has 1 heterocycles. The van der Waals surface area contributed by atoms with Crippen molar-refractivity contribution < 1.29 is 14.3 Å².